The minimum Gasteiger partial charge on any atom is -0.394 e. The molecular formula is C22H26N4O2. The molecule has 2 N–H and O–H groups in total. The predicted octanol–water partition coefficient (Wildman–Crippen LogP) is 2.30. The lowest BCUT2D eigenvalue weighted by Gasteiger charge is -2.14. The zero-order chi connectivity index (χ0) is 19.3. The van der Waals surface area contributed by atoms with E-state index in [1.165, 1.54) is 11.1 Å². The Morgan fingerprint density at radius 2 is 1.61 bits per heavy atom. The maximum Gasteiger partial charge on any atom is 0.183 e. The fraction of sp³-hybridized carbons (Fsp3) is 0.364. The quantitative estimate of drug-likeness (QED) is 0.629. The lowest BCUT2D eigenvalue weighted by molar-refractivity contribution is 0.208. The summed E-state index contributed by atoms with van der Waals surface area (Å²) in [4.78, 5) is 7.02. The lowest BCUT2D eigenvalue weighted by atomic mass is 10.1. The van der Waals surface area contributed by atoms with E-state index in [0.29, 0.717) is 12.4 Å². The van der Waals surface area contributed by atoms with Crippen LogP contribution in [0.25, 0.3) is 0 Å². The van der Waals surface area contributed by atoms with Crippen LogP contribution in [0.15, 0.2) is 54.6 Å². The molecule has 6 heteroatoms. The molecule has 0 spiro atoms. The first kappa shape index (κ1) is 18.8. The SMILES string of the molecule is OCCn1nc([C@@H](O)c2ccccc2)nc1CCCN1Cc2ccccc2C1. The molecule has 4 rings (SSSR count). The summed E-state index contributed by atoms with van der Waals surface area (Å²) in [6.45, 7) is 3.36. The molecule has 0 unspecified atom stereocenters. The molecule has 0 amide bonds. The number of aliphatic hydroxyl groups excluding tert-OH is 2. The molecule has 1 aliphatic rings. The summed E-state index contributed by atoms with van der Waals surface area (Å²) >= 11 is 0. The second-order valence-electron chi connectivity index (χ2n) is 7.23. The summed E-state index contributed by atoms with van der Waals surface area (Å²) in [7, 11) is 0. The molecule has 0 aliphatic carbocycles. The third kappa shape index (κ3) is 4.14. The number of aryl methyl sites for hydroxylation is 1. The molecule has 0 bridgehead atoms. The number of aliphatic hydroxyl groups is 2. The van der Waals surface area contributed by atoms with Crippen molar-refractivity contribution in [2.45, 2.75) is 38.6 Å². The molecular weight excluding hydrogens is 352 g/mol. The molecule has 1 aliphatic heterocycles. The van der Waals surface area contributed by atoms with Crippen molar-refractivity contribution in [2.24, 2.45) is 0 Å². The number of hydrogen-bond donors (Lipinski definition) is 2. The van der Waals surface area contributed by atoms with Crippen LogP contribution in [-0.4, -0.2) is 43.0 Å². The van der Waals surface area contributed by atoms with Gasteiger partial charge in [0.25, 0.3) is 0 Å². The van der Waals surface area contributed by atoms with Crippen molar-refractivity contribution in [3.05, 3.63) is 82.9 Å². The monoisotopic (exact) mass is 378 g/mol. The van der Waals surface area contributed by atoms with Crippen molar-refractivity contribution < 1.29 is 10.2 Å². The minimum absolute atomic E-state index is 0.00132. The molecule has 6 nitrogen and oxygen atoms in total. The maximum absolute atomic E-state index is 10.6. The first-order valence-corrected chi connectivity index (χ1v) is 9.81. The second-order valence-corrected chi connectivity index (χ2v) is 7.23. The van der Waals surface area contributed by atoms with E-state index in [0.717, 1.165) is 43.9 Å². The van der Waals surface area contributed by atoms with E-state index in [4.69, 9.17) is 0 Å². The number of benzene rings is 2. The van der Waals surface area contributed by atoms with Gasteiger partial charge in [0.05, 0.1) is 13.2 Å². The normalized spacial score (nSPS) is 14.9. The number of nitrogens with zero attached hydrogens (tertiary/aromatic N) is 4. The Balaban J connectivity index is 1.39. The van der Waals surface area contributed by atoms with Gasteiger partial charge in [0.15, 0.2) is 5.82 Å². The minimum atomic E-state index is -0.854. The van der Waals surface area contributed by atoms with E-state index in [1.54, 1.807) is 4.68 Å². The van der Waals surface area contributed by atoms with Crippen LogP contribution < -0.4 is 0 Å². The molecule has 3 aromatic rings. The summed E-state index contributed by atoms with van der Waals surface area (Å²) < 4.78 is 1.72. The Bertz CT molecular complexity index is 885. The van der Waals surface area contributed by atoms with Gasteiger partial charge in [-0.3, -0.25) is 4.90 Å². The Labute approximate surface area is 165 Å². The van der Waals surface area contributed by atoms with Crippen molar-refractivity contribution in [2.75, 3.05) is 13.2 Å². The van der Waals surface area contributed by atoms with Crippen LogP contribution in [0.5, 0.6) is 0 Å². The van der Waals surface area contributed by atoms with Crippen LogP contribution in [0, 0.1) is 0 Å². The largest absolute Gasteiger partial charge is 0.394 e. The lowest BCUT2D eigenvalue weighted by Crippen LogP contribution is -2.19. The summed E-state index contributed by atoms with van der Waals surface area (Å²) in [6.07, 6.45) is 0.869. The molecule has 28 heavy (non-hydrogen) atoms. The fourth-order valence-corrected chi connectivity index (χ4v) is 3.78. The highest BCUT2D eigenvalue weighted by Gasteiger charge is 2.20. The maximum atomic E-state index is 10.6. The third-order valence-electron chi connectivity index (χ3n) is 5.22. The Hall–Kier alpha value is -2.54. The summed E-state index contributed by atoms with van der Waals surface area (Å²) in [5.74, 6) is 1.21. The van der Waals surface area contributed by atoms with Gasteiger partial charge in [-0.25, -0.2) is 9.67 Å². The molecule has 0 radical (unpaired) electrons. The Morgan fingerprint density at radius 3 is 2.29 bits per heavy atom. The van der Waals surface area contributed by atoms with Gasteiger partial charge < -0.3 is 10.2 Å². The van der Waals surface area contributed by atoms with Gasteiger partial charge in [-0.2, -0.15) is 5.10 Å². The number of hydrogen-bond acceptors (Lipinski definition) is 5. The zero-order valence-corrected chi connectivity index (χ0v) is 15.9. The molecule has 1 aromatic heterocycles. The van der Waals surface area contributed by atoms with Crippen molar-refractivity contribution in [3.8, 4) is 0 Å². The van der Waals surface area contributed by atoms with Crippen LogP contribution in [0.4, 0.5) is 0 Å². The molecule has 0 saturated carbocycles. The van der Waals surface area contributed by atoms with Crippen LogP contribution in [0.1, 0.15) is 40.9 Å². The van der Waals surface area contributed by atoms with Crippen LogP contribution >= 0.6 is 0 Å². The molecule has 1 atom stereocenters. The Morgan fingerprint density at radius 1 is 0.929 bits per heavy atom. The highest BCUT2D eigenvalue weighted by molar-refractivity contribution is 5.30. The van der Waals surface area contributed by atoms with E-state index in [1.807, 2.05) is 30.3 Å². The molecule has 146 valence electrons. The topological polar surface area (TPSA) is 74.4 Å². The number of aromatic nitrogens is 3. The third-order valence-corrected chi connectivity index (χ3v) is 5.22. The predicted molar refractivity (Wildman–Crippen MR) is 106 cm³/mol. The summed E-state index contributed by atoms with van der Waals surface area (Å²) in [5, 5.41) is 24.4. The highest BCUT2D eigenvalue weighted by Crippen LogP contribution is 2.23. The van der Waals surface area contributed by atoms with E-state index in [9.17, 15) is 10.2 Å². The smallest absolute Gasteiger partial charge is 0.183 e. The van der Waals surface area contributed by atoms with Crippen LogP contribution in [0.2, 0.25) is 0 Å². The fourth-order valence-electron chi connectivity index (χ4n) is 3.78. The van der Waals surface area contributed by atoms with Gasteiger partial charge in [0.2, 0.25) is 0 Å². The zero-order valence-electron chi connectivity index (χ0n) is 15.9. The van der Waals surface area contributed by atoms with Gasteiger partial charge in [0, 0.05) is 19.5 Å². The summed E-state index contributed by atoms with van der Waals surface area (Å²) in [6, 6.07) is 18.0. The van der Waals surface area contributed by atoms with Gasteiger partial charge in [-0.15, -0.1) is 0 Å². The van der Waals surface area contributed by atoms with Crippen LogP contribution in [-0.2, 0) is 26.1 Å². The molecule has 0 saturated heterocycles. The first-order valence-electron chi connectivity index (χ1n) is 9.81. The van der Waals surface area contributed by atoms with Crippen molar-refractivity contribution in [1.82, 2.24) is 19.7 Å². The van der Waals surface area contributed by atoms with Crippen molar-refractivity contribution >= 4 is 0 Å². The average Bonchev–Trinajstić information content (AvgIpc) is 3.32. The summed E-state index contributed by atoms with van der Waals surface area (Å²) in [5.41, 5.74) is 3.60. The average molecular weight is 378 g/mol. The van der Waals surface area contributed by atoms with Gasteiger partial charge >= 0.3 is 0 Å². The van der Waals surface area contributed by atoms with Crippen molar-refractivity contribution in [3.63, 3.8) is 0 Å². The van der Waals surface area contributed by atoms with Crippen molar-refractivity contribution in [1.29, 1.82) is 0 Å². The Kier molecular flexibility index (Phi) is 5.81. The van der Waals surface area contributed by atoms with E-state index >= 15 is 0 Å². The van der Waals surface area contributed by atoms with Gasteiger partial charge in [-0.05, 0) is 29.7 Å². The van der Waals surface area contributed by atoms with Gasteiger partial charge in [-0.1, -0.05) is 54.6 Å². The molecule has 0 fully saturated rings. The second kappa shape index (κ2) is 8.65. The number of fused-ring (bicyclic) bond motifs is 1. The molecule has 2 heterocycles. The van der Waals surface area contributed by atoms with Gasteiger partial charge in [0.1, 0.15) is 11.9 Å². The number of rotatable bonds is 8. The highest BCUT2D eigenvalue weighted by atomic mass is 16.3. The standard InChI is InChI=1S/C22H26N4O2/c27-14-13-26-20(23-22(24-26)21(28)17-7-2-1-3-8-17)11-6-12-25-15-18-9-4-5-10-19(18)16-25/h1-5,7-10,21,27-28H,6,11-16H2/t21-/m0/s1. The van der Waals surface area contributed by atoms with E-state index < -0.39 is 6.10 Å². The molecule has 2 aromatic carbocycles. The first-order chi connectivity index (χ1) is 13.7. The van der Waals surface area contributed by atoms with E-state index in [2.05, 4.69) is 39.2 Å². The van der Waals surface area contributed by atoms with E-state index in [-0.39, 0.29) is 6.61 Å². The van der Waals surface area contributed by atoms with Crippen LogP contribution in [0.3, 0.4) is 0 Å².